The van der Waals surface area contributed by atoms with Gasteiger partial charge in [-0.05, 0) is 51.4 Å². The number of rotatable bonds is 4. The van der Waals surface area contributed by atoms with Crippen molar-refractivity contribution in [2.24, 2.45) is 0 Å². The zero-order valence-corrected chi connectivity index (χ0v) is 19.1. The van der Waals surface area contributed by atoms with Crippen molar-refractivity contribution in [3.8, 4) is 11.8 Å². The molecule has 1 aliphatic heterocycles. The van der Waals surface area contributed by atoms with Gasteiger partial charge in [-0.25, -0.2) is 0 Å². The molecule has 0 unspecified atom stereocenters. The van der Waals surface area contributed by atoms with Crippen LogP contribution in [-0.4, -0.2) is 41.1 Å². The summed E-state index contributed by atoms with van der Waals surface area (Å²) >= 11 is 0. The van der Waals surface area contributed by atoms with Crippen LogP contribution in [-0.2, 0) is 4.74 Å². The molecule has 1 saturated heterocycles. The molecule has 1 aliphatic rings. The predicted molar refractivity (Wildman–Crippen MR) is 139 cm³/mol. The SMILES string of the molecule is N#CC(=Cc1c2ccccc2cc2ccccc12)c1nnc(N2CCOCC2)n1-c1ccccc1. The lowest BCUT2D eigenvalue weighted by Crippen LogP contribution is -2.38. The summed E-state index contributed by atoms with van der Waals surface area (Å²) in [6.45, 7) is 2.73. The topological polar surface area (TPSA) is 67.0 Å². The molecule has 1 aromatic heterocycles. The Kier molecular flexibility index (Phi) is 5.45. The van der Waals surface area contributed by atoms with Crippen molar-refractivity contribution in [2.75, 3.05) is 31.2 Å². The molecule has 6 rings (SSSR count). The van der Waals surface area contributed by atoms with Gasteiger partial charge < -0.3 is 9.64 Å². The van der Waals surface area contributed by atoms with E-state index in [9.17, 15) is 5.26 Å². The molecule has 170 valence electrons. The second-order valence-corrected chi connectivity index (χ2v) is 8.50. The monoisotopic (exact) mass is 457 g/mol. The molecule has 35 heavy (non-hydrogen) atoms. The van der Waals surface area contributed by atoms with Crippen LogP contribution in [0.1, 0.15) is 11.4 Å². The lowest BCUT2D eigenvalue weighted by atomic mass is 9.95. The molecule has 4 aromatic carbocycles. The van der Waals surface area contributed by atoms with Crippen LogP contribution in [0.25, 0.3) is 38.9 Å². The molecule has 0 radical (unpaired) electrons. The molecule has 0 N–H and O–H groups in total. The van der Waals surface area contributed by atoms with Crippen LogP contribution in [0.15, 0.2) is 84.9 Å². The van der Waals surface area contributed by atoms with E-state index in [0.717, 1.165) is 51.8 Å². The van der Waals surface area contributed by atoms with Gasteiger partial charge in [0, 0.05) is 13.1 Å². The Labute approximate surface area is 203 Å². The van der Waals surface area contributed by atoms with Crippen molar-refractivity contribution in [2.45, 2.75) is 0 Å². The Hall–Kier alpha value is -4.47. The highest BCUT2D eigenvalue weighted by atomic mass is 16.5. The lowest BCUT2D eigenvalue weighted by molar-refractivity contribution is 0.122. The molecule has 0 saturated carbocycles. The van der Waals surface area contributed by atoms with Crippen LogP contribution in [0.5, 0.6) is 0 Å². The highest BCUT2D eigenvalue weighted by Gasteiger charge is 2.23. The number of benzene rings is 4. The molecule has 1 fully saturated rings. The van der Waals surface area contributed by atoms with E-state index in [1.54, 1.807) is 0 Å². The van der Waals surface area contributed by atoms with Crippen LogP contribution in [0, 0.1) is 11.3 Å². The van der Waals surface area contributed by atoms with E-state index in [0.29, 0.717) is 24.6 Å². The quantitative estimate of drug-likeness (QED) is 0.264. The fourth-order valence-electron chi connectivity index (χ4n) is 4.73. The van der Waals surface area contributed by atoms with Gasteiger partial charge in [-0.2, -0.15) is 5.26 Å². The first-order chi connectivity index (χ1) is 17.3. The molecule has 6 nitrogen and oxygen atoms in total. The van der Waals surface area contributed by atoms with Gasteiger partial charge in [-0.3, -0.25) is 4.57 Å². The first kappa shape index (κ1) is 21.1. The lowest BCUT2D eigenvalue weighted by Gasteiger charge is -2.28. The highest BCUT2D eigenvalue weighted by Crippen LogP contribution is 2.33. The van der Waals surface area contributed by atoms with Gasteiger partial charge in [-0.15, -0.1) is 10.2 Å². The van der Waals surface area contributed by atoms with Crippen molar-refractivity contribution in [1.82, 2.24) is 14.8 Å². The largest absolute Gasteiger partial charge is 0.378 e. The summed E-state index contributed by atoms with van der Waals surface area (Å²) in [4.78, 5) is 2.16. The van der Waals surface area contributed by atoms with E-state index in [1.165, 1.54) is 0 Å². The van der Waals surface area contributed by atoms with Crippen molar-refractivity contribution < 1.29 is 4.74 Å². The summed E-state index contributed by atoms with van der Waals surface area (Å²) in [5.74, 6) is 1.25. The summed E-state index contributed by atoms with van der Waals surface area (Å²) in [6.07, 6.45) is 1.96. The van der Waals surface area contributed by atoms with Gasteiger partial charge in [0.05, 0.1) is 24.5 Å². The highest BCUT2D eigenvalue weighted by molar-refractivity contribution is 6.09. The van der Waals surface area contributed by atoms with Crippen LogP contribution >= 0.6 is 0 Å². The summed E-state index contributed by atoms with van der Waals surface area (Å²) < 4.78 is 7.52. The summed E-state index contributed by atoms with van der Waals surface area (Å²) in [6, 6.07) is 31.1. The summed E-state index contributed by atoms with van der Waals surface area (Å²) in [5, 5.41) is 23.9. The second-order valence-electron chi connectivity index (χ2n) is 8.50. The number of hydrogen-bond donors (Lipinski definition) is 0. The first-order valence-corrected chi connectivity index (χ1v) is 11.7. The van der Waals surface area contributed by atoms with Gasteiger partial charge in [0.1, 0.15) is 6.07 Å². The molecule has 0 bridgehead atoms. The second kappa shape index (κ2) is 9.05. The summed E-state index contributed by atoms with van der Waals surface area (Å²) in [5.41, 5.74) is 2.38. The molecule has 0 amide bonds. The molecule has 0 spiro atoms. The molecule has 5 aromatic rings. The summed E-state index contributed by atoms with van der Waals surface area (Å²) in [7, 11) is 0. The molecular weight excluding hydrogens is 434 g/mol. The molecule has 0 atom stereocenters. The minimum Gasteiger partial charge on any atom is -0.378 e. The average Bonchev–Trinajstić information content (AvgIpc) is 3.37. The number of allylic oxidation sites excluding steroid dienone is 1. The third-order valence-electron chi connectivity index (χ3n) is 6.42. The fraction of sp³-hybridized carbons (Fsp3) is 0.138. The average molecular weight is 458 g/mol. The fourth-order valence-corrected chi connectivity index (χ4v) is 4.73. The van der Waals surface area contributed by atoms with E-state index in [2.05, 4.69) is 51.5 Å². The van der Waals surface area contributed by atoms with Crippen molar-refractivity contribution in [3.05, 3.63) is 96.3 Å². The van der Waals surface area contributed by atoms with Crippen molar-refractivity contribution in [1.29, 1.82) is 5.26 Å². The number of aromatic nitrogens is 3. The minimum atomic E-state index is 0.461. The number of fused-ring (bicyclic) bond motifs is 2. The predicted octanol–water partition coefficient (Wildman–Crippen LogP) is 5.47. The van der Waals surface area contributed by atoms with E-state index < -0.39 is 0 Å². The van der Waals surface area contributed by atoms with E-state index >= 15 is 0 Å². The zero-order chi connectivity index (χ0) is 23.6. The third kappa shape index (κ3) is 3.82. The third-order valence-corrected chi connectivity index (χ3v) is 6.42. The number of para-hydroxylation sites is 1. The Morgan fingerprint density at radius 2 is 1.46 bits per heavy atom. The number of morpholine rings is 1. The number of hydrogen-bond acceptors (Lipinski definition) is 5. The Morgan fingerprint density at radius 1 is 0.829 bits per heavy atom. The molecular formula is C29H23N5O. The van der Waals surface area contributed by atoms with Gasteiger partial charge in [0.25, 0.3) is 0 Å². The van der Waals surface area contributed by atoms with Gasteiger partial charge >= 0.3 is 0 Å². The maximum Gasteiger partial charge on any atom is 0.232 e. The standard InChI is InChI=1S/C29H23N5O/c30-20-23(19-27-25-12-6-4-8-21(25)18-22-9-5-7-13-26(22)27)28-31-32-29(33-14-16-35-17-15-33)34(28)24-10-2-1-3-11-24/h1-13,18-19H,14-17H2. The maximum absolute atomic E-state index is 10.3. The Balaban J connectivity index is 1.59. The number of nitriles is 1. The molecule has 0 aliphatic carbocycles. The van der Waals surface area contributed by atoms with Crippen LogP contribution in [0.3, 0.4) is 0 Å². The van der Waals surface area contributed by atoms with Gasteiger partial charge in [0.2, 0.25) is 5.95 Å². The number of nitrogens with zero attached hydrogens (tertiary/aromatic N) is 5. The van der Waals surface area contributed by atoms with E-state index in [4.69, 9.17) is 4.74 Å². The Morgan fingerprint density at radius 3 is 2.11 bits per heavy atom. The van der Waals surface area contributed by atoms with Crippen LogP contribution in [0.2, 0.25) is 0 Å². The normalized spacial score (nSPS) is 14.4. The van der Waals surface area contributed by atoms with E-state index in [-0.39, 0.29) is 0 Å². The van der Waals surface area contributed by atoms with Crippen molar-refractivity contribution in [3.63, 3.8) is 0 Å². The van der Waals surface area contributed by atoms with Crippen molar-refractivity contribution >= 4 is 39.1 Å². The molecule has 6 heteroatoms. The van der Waals surface area contributed by atoms with Crippen LogP contribution < -0.4 is 4.90 Å². The maximum atomic E-state index is 10.3. The van der Waals surface area contributed by atoms with Gasteiger partial charge in [0.15, 0.2) is 5.82 Å². The molecule has 2 heterocycles. The number of anilines is 1. The number of ether oxygens (including phenoxy) is 1. The first-order valence-electron chi connectivity index (χ1n) is 11.7. The van der Waals surface area contributed by atoms with Crippen LogP contribution in [0.4, 0.5) is 5.95 Å². The van der Waals surface area contributed by atoms with E-state index in [1.807, 2.05) is 65.2 Å². The minimum absolute atomic E-state index is 0.461. The van der Waals surface area contributed by atoms with Gasteiger partial charge in [-0.1, -0.05) is 66.7 Å². The smallest absolute Gasteiger partial charge is 0.232 e. The zero-order valence-electron chi connectivity index (χ0n) is 19.1. The Bertz CT molecular complexity index is 1540.